The number of benzene rings is 1. The smallest absolute Gasteiger partial charge is 0.243 e. The Bertz CT molecular complexity index is 824. The molecule has 1 unspecified atom stereocenters. The lowest BCUT2D eigenvalue weighted by Crippen LogP contribution is -2.19. The van der Waals surface area contributed by atoms with Crippen molar-refractivity contribution < 1.29 is 9.90 Å². The molecule has 0 aliphatic heterocycles. The van der Waals surface area contributed by atoms with E-state index in [1.165, 1.54) is 6.21 Å². The Morgan fingerprint density at radius 2 is 1.84 bits per heavy atom. The Kier molecular flexibility index (Phi) is 4.88. The van der Waals surface area contributed by atoms with Gasteiger partial charge in [0.05, 0.1) is 11.8 Å². The number of ketones is 1. The van der Waals surface area contributed by atoms with Gasteiger partial charge in [-0.2, -0.15) is 5.10 Å². The third-order valence-corrected chi connectivity index (χ3v) is 4.09. The zero-order chi connectivity index (χ0) is 17.8. The summed E-state index contributed by atoms with van der Waals surface area (Å²) in [5, 5.41) is 14.3. The molecule has 6 heteroatoms. The second kappa shape index (κ2) is 7.25. The first-order valence-electron chi connectivity index (χ1n) is 8.14. The molecule has 0 saturated carbocycles. The van der Waals surface area contributed by atoms with Crippen LogP contribution < -0.4 is 5.43 Å². The third kappa shape index (κ3) is 4.09. The summed E-state index contributed by atoms with van der Waals surface area (Å²) in [7, 11) is 0. The van der Waals surface area contributed by atoms with E-state index in [1.807, 2.05) is 50.2 Å². The first kappa shape index (κ1) is 16.8. The molecule has 0 fully saturated rings. The van der Waals surface area contributed by atoms with Crippen LogP contribution in [0.5, 0.6) is 0 Å². The maximum atomic E-state index is 12.4. The lowest BCUT2D eigenvalue weighted by molar-refractivity contribution is -0.116. The fraction of sp³-hybridized carbons (Fsp3) is 0.263. The molecule has 1 heterocycles. The molecular weight excluding hydrogens is 316 g/mol. The summed E-state index contributed by atoms with van der Waals surface area (Å²) in [4.78, 5) is 20.8. The predicted octanol–water partition coefficient (Wildman–Crippen LogP) is 3.45. The SMILES string of the molecule is Cc1cc(C)nc(N/N=C/C2=C(O)CC(c3ccccc3)CC2=O)n1. The molecule has 1 aromatic carbocycles. The molecule has 1 aliphatic rings. The van der Waals surface area contributed by atoms with Crippen molar-refractivity contribution >= 4 is 17.9 Å². The van der Waals surface area contributed by atoms with Crippen molar-refractivity contribution in [3.05, 3.63) is 64.7 Å². The summed E-state index contributed by atoms with van der Waals surface area (Å²) in [5.74, 6) is 0.308. The highest BCUT2D eigenvalue weighted by molar-refractivity contribution is 6.14. The van der Waals surface area contributed by atoms with Crippen LogP contribution in [0.4, 0.5) is 5.95 Å². The zero-order valence-electron chi connectivity index (χ0n) is 14.2. The molecule has 0 spiro atoms. The maximum absolute atomic E-state index is 12.4. The van der Waals surface area contributed by atoms with E-state index in [4.69, 9.17) is 0 Å². The van der Waals surface area contributed by atoms with Crippen molar-refractivity contribution in [2.45, 2.75) is 32.6 Å². The van der Waals surface area contributed by atoms with Crippen LogP contribution in [0.3, 0.4) is 0 Å². The fourth-order valence-corrected chi connectivity index (χ4v) is 2.95. The van der Waals surface area contributed by atoms with Crippen LogP contribution in [0.1, 0.15) is 35.7 Å². The van der Waals surface area contributed by atoms with E-state index in [2.05, 4.69) is 20.5 Å². The number of carbonyl (C=O) groups is 1. The number of nitrogens with zero attached hydrogens (tertiary/aromatic N) is 3. The molecule has 0 radical (unpaired) electrons. The molecule has 128 valence electrons. The van der Waals surface area contributed by atoms with E-state index in [0.717, 1.165) is 17.0 Å². The fourth-order valence-electron chi connectivity index (χ4n) is 2.95. The van der Waals surface area contributed by atoms with Crippen LogP contribution >= 0.6 is 0 Å². The van der Waals surface area contributed by atoms with Crippen LogP contribution in [0, 0.1) is 13.8 Å². The van der Waals surface area contributed by atoms with Gasteiger partial charge in [0, 0.05) is 24.2 Å². The number of Topliss-reactive ketones (excluding diaryl/α,β-unsaturated/α-hetero) is 1. The summed E-state index contributed by atoms with van der Waals surface area (Å²) in [5.41, 5.74) is 5.65. The van der Waals surface area contributed by atoms with Gasteiger partial charge in [0.15, 0.2) is 5.78 Å². The number of hydrazone groups is 1. The molecule has 0 bridgehead atoms. The van der Waals surface area contributed by atoms with Crippen LogP contribution in [0.15, 0.2) is 52.8 Å². The number of aliphatic hydroxyl groups is 1. The number of aromatic nitrogens is 2. The van der Waals surface area contributed by atoms with E-state index >= 15 is 0 Å². The number of rotatable bonds is 4. The molecule has 1 aromatic heterocycles. The monoisotopic (exact) mass is 336 g/mol. The first-order chi connectivity index (χ1) is 12.0. The van der Waals surface area contributed by atoms with Gasteiger partial charge < -0.3 is 5.11 Å². The van der Waals surface area contributed by atoms with Crippen LogP contribution in [-0.4, -0.2) is 27.1 Å². The van der Waals surface area contributed by atoms with E-state index in [9.17, 15) is 9.90 Å². The quantitative estimate of drug-likeness (QED) is 0.659. The van der Waals surface area contributed by atoms with Gasteiger partial charge in [-0.05, 0) is 31.4 Å². The lowest BCUT2D eigenvalue weighted by Gasteiger charge is -2.22. The molecular formula is C19H20N4O2. The Balaban J connectivity index is 1.72. The first-order valence-corrected chi connectivity index (χ1v) is 8.14. The summed E-state index contributed by atoms with van der Waals surface area (Å²) in [6, 6.07) is 11.6. The molecule has 3 rings (SSSR count). The van der Waals surface area contributed by atoms with Gasteiger partial charge in [-0.15, -0.1) is 0 Å². The highest BCUT2D eigenvalue weighted by atomic mass is 16.3. The van der Waals surface area contributed by atoms with E-state index in [0.29, 0.717) is 18.8 Å². The topological polar surface area (TPSA) is 87.5 Å². The van der Waals surface area contributed by atoms with Crippen LogP contribution in [-0.2, 0) is 4.79 Å². The van der Waals surface area contributed by atoms with Crippen molar-refractivity contribution in [2.75, 3.05) is 5.43 Å². The normalized spacial score (nSPS) is 18.0. The van der Waals surface area contributed by atoms with E-state index < -0.39 is 0 Å². The van der Waals surface area contributed by atoms with Crippen molar-refractivity contribution in [3.63, 3.8) is 0 Å². The Morgan fingerprint density at radius 3 is 2.48 bits per heavy atom. The summed E-state index contributed by atoms with van der Waals surface area (Å²) >= 11 is 0. The van der Waals surface area contributed by atoms with Crippen molar-refractivity contribution in [1.29, 1.82) is 0 Å². The molecule has 2 aromatic rings. The number of allylic oxidation sites excluding steroid dienone is 2. The highest BCUT2D eigenvalue weighted by Gasteiger charge is 2.27. The number of aryl methyl sites for hydroxylation is 2. The average Bonchev–Trinajstić information content (AvgIpc) is 2.57. The second-order valence-electron chi connectivity index (χ2n) is 6.14. The number of aliphatic hydroxyl groups excluding tert-OH is 1. The van der Waals surface area contributed by atoms with Crippen molar-refractivity contribution in [1.82, 2.24) is 9.97 Å². The maximum Gasteiger partial charge on any atom is 0.243 e. The Hall–Kier alpha value is -3.02. The van der Waals surface area contributed by atoms with Crippen LogP contribution in [0.2, 0.25) is 0 Å². The number of hydrogen-bond acceptors (Lipinski definition) is 6. The minimum Gasteiger partial charge on any atom is -0.511 e. The molecule has 1 aliphatic carbocycles. The van der Waals surface area contributed by atoms with E-state index in [1.54, 1.807) is 0 Å². The van der Waals surface area contributed by atoms with Gasteiger partial charge in [-0.1, -0.05) is 30.3 Å². The number of hydrogen-bond donors (Lipinski definition) is 2. The second-order valence-corrected chi connectivity index (χ2v) is 6.14. The number of nitrogens with one attached hydrogen (secondary N) is 1. The molecule has 6 nitrogen and oxygen atoms in total. The largest absolute Gasteiger partial charge is 0.511 e. The number of anilines is 1. The highest BCUT2D eigenvalue weighted by Crippen LogP contribution is 2.32. The van der Waals surface area contributed by atoms with Crippen molar-refractivity contribution in [2.24, 2.45) is 5.10 Å². The summed E-state index contributed by atoms with van der Waals surface area (Å²) in [6.45, 7) is 3.73. The molecule has 2 N–H and O–H groups in total. The third-order valence-electron chi connectivity index (χ3n) is 4.09. The Morgan fingerprint density at radius 1 is 1.16 bits per heavy atom. The predicted molar refractivity (Wildman–Crippen MR) is 96.7 cm³/mol. The van der Waals surface area contributed by atoms with Crippen LogP contribution in [0.25, 0.3) is 0 Å². The van der Waals surface area contributed by atoms with Gasteiger partial charge in [0.1, 0.15) is 5.76 Å². The van der Waals surface area contributed by atoms with Crippen molar-refractivity contribution in [3.8, 4) is 0 Å². The lowest BCUT2D eigenvalue weighted by atomic mass is 9.83. The molecule has 1 atom stereocenters. The van der Waals surface area contributed by atoms with Gasteiger partial charge in [-0.3, -0.25) is 4.79 Å². The average molecular weight is 336 g/mol. The zero-order valence-corrected chi connectivity index (χ0v) is 14.2. The van der Waals surface area contributed by atoms with Gasteiger partial charge in [-0.25, -0.2) is 15.4 Å². The molecule has 0 saturated heterocycles. The number of carbonyl (C=O) groups excluding carboxylic acids is 1. The Labute approximate surface area is 146 Å². The standard InChI is InChI=1S/C19H20N4O2/c1-12-8-13(2)22-19(21-12)23-20-11-16-17(24)9-15(10-18(16)25)14-6-4-3-5-7-14/h3-8,11,15,24H,9-10H2,1-2H3,(H,21,22,23)/b20-11+. The summed E-state index contributed by atoms with van der Waals surface area (Å²) in [6.07, 6.45) is 2.13. The van der Waals surface area contributed by atoms with Gasteiger partial charge in [0.2, 0.25) is 5.95 Å². The molecule has 25 heavy (non-hydrogen) atoms. The molecule has 0 amide bonds. The van der Waals surface area contributed by atoms with Gasteiger partial charge >= 0.3 is 0 Å². The minimum atomic E-state index is -0.121. The summed E-state index contributed by atoms with van der Waals surface area (Å²) < 4.78 is 0. The van der Waals surface area contributed by atoms with E-state index in [-0.39, 0.29) is 23.0 Å². The minimum absolute atomic E-state index is 0.00145. The van der Waals surface area contributed by atoms with Gasteiger partial charge in [0.25, 0.3) is 0 Å².